The summed E-state index contributed by atoms with van der Waals surface area (Å²) in [5.74, 6) is 1.39. The number of fused-ring (bicyclic) bond motifs is 2. The first-order valence-electron chi connectivity index (χ1n) is 9.10. The van der Waals surface area contributed by atoms with Crippen molar-refractivity contribution in [3.63, 3.8) is 0 Å². The van der Waals surface area contributed by atoms with Gasteiger partial charge >= 0.3 is 5.82 Å². The molecule has 1 heterocycles. The molecular weight excluding hydrogens is 324 g/mol. The quantitative estimate of drug-likeness (QED) is 0.332. The number of nitrogens with zero attached hydrogens (tertiary/aromatic N) is 2. The highest BCUT2D eigenvalue weighted by molar-refractivity contribution is 5.76. The Hall–Kier alpha value is -3.01. The minimum Gasteiger partial charge on any atom is -0.710 e. The summed E-state index contributed by atoms with van der Waals surface area (Å²) in [7, 11) is 0. The number of rotatable bonds is 3. The van der Waals surface area contributed by atoms with E-state index in [0.29, 0.717) is 29.0 Å². The molecule has 130 valence electrons. The topological polar surface area (TPSA) is 52.1 Å². The maximum atomic E-state index is 13.4. The first kappa shape index (κ1) is 15.3. The molecule has 26 heavy (non-hydrogen) atoms. The average molecular weight is 344 g/mol. The number of imidazole rings is 1. The summed E-state index contributed by atoms with van der Waals surface area (Å²) in [6, 6.07) is 19.2. The van der Waals surface area contributed by atoms with Crippen LogP contribution >= 0.6 is 0 Å². The third-order valence-corrected chi connectivity index (χ3v) is 5.77. The Bertz CT molecular complexity index is 913. The van der Waals surface area contributed by atoms with Crippen molar-refractivity contribution in [2.24, 2.45) is 11.8 Å². The molecule has 0 radical (unpaired) electrons. The van der Waals surface area contributed by atoms with E-state index >= 15 is 0 Å². The van der Waals surface area contributed by atoms with Crippen LogP contribution in [-0.2, 0) is 0 Å². The second-order valence-electron chi connectivity index (χ2n) is 7.28. The predicted octanol–water partition coefficient (Wildman–Crippen LogP) is 4.37. The number of aromatic nitrogens is 2. The summed E-state index contributed by atoms with van der Waals surface area (Å²) < 4.78 is 2.10. The van der Waals surface area contributed by atoms with E-state index in [-0.39, 0.29) is 5.92 Å². The van der Waals surface area contributed by atoms with Crippen LogP contribution < -0.4 is 4.73 Å². The van der Waals surface area contributed by atoms with Crippen molar-refractivity contribution in [3.05, 3.63) is 83.8 Å². The Morgan fingerprint density at radius 2 is 1.54 bits per heavy atom. The predicted molar refractivity (Wildman–Crippen MR) is 99.5 cm³/mol. The number of hydrogen-bond acceptors (Lipinski definition) is 2. The smallest absolute Gasteiger partial charge is 0.304 e. The summed E-state index contributed by atoms with van der Waals surface area (Å²) in [6.07, 6.45) is 6.46. The molecule has 0 spiro atoms. The largest absolute Gasteiger partial charge is 0.710 e. The van der Waals surface area contributed by atoms with Gasteiger partial charge in [0.25, 0.3) is 0 Å². The van der Waals surface area contributed by atoms with Crippen molar-refractivity contribution in [1.82, 2.24) is 4.73 Å². The fraction of sp³-hybridized carbons (Fsp3) is 0.227. The summed E-state index contributed by atoms with van der Waals surface area (Å²) >= 11 is 0. The maximum absolute atomic E-state index is 13.4. The Kier molecular flexibility index (Phi) is 3.38. The fourth-order valence-corrected chi connectivity index (χ4v) is 4.60. The molecule has 4 heteroatoms. The van der Waals surface area contributed by atoms with Crippen LogP contribution in [0.5, 0.6) is 0 Å². The molecule has 3 unspecified atom stereocenters. The van der Waals surface area contributed by atoms with Crippen LogP contribution in [0.25, 0.3) is 22.5 Å². The van der Waals surface area contributed by atoms with E-state index in [9.17, 15) is 10.4 Å². The van der Waals surface area contributed by atoms with Gasteiger partial charge < -0.3 is 10.4 Å². The lowest BCUT2D eigenvalue weighted by Crippen LogP contribution is -2.35. The lowest BCUT2D eigenvalue weighted by atomic mass is 9.93. The summed E-state index contributed by atoms with van der Waals surface area (Å²) in [5.41, 5.74) is 2.73. The van der Waals surface area contributed by atoms with Gasteiger partial charge in [0.15, 0.2) is 5.69 Å². The van der Waals surface area contributed by atoms with Crippen molar-refractivity contribution in [1.29, 1.82) is 0 Å². The molecule has 1 fully saturated rings. The molecule has 1 aromatic heterocycles. The van der Waals surface area contributed by atoms with E-state index in [1.54, 1.807) is 0 Å². The first-order chi connectivity index (χ1) is 12.7. The highest BCUT2D eigenvalue weighted by Crippen LogP contribution is 2.49. The first-order valence-corrected chi connectivity index (χ1v) is 9.10. The standard InChI is InChI=1S/C22H20N2O2/c25-23-20(16-7-3-1-4-8-16)21(17-9-5-2-6-10-17)24(26)22(23)19-14-15-11-12-18(19)13-15/h1-12,15,18-19,25H,13-14H2. The normalized spacial score (nSPS) is 23.6. The van der Waals surface area contributed by atoms with Crippen LogP contribution in [0.1, 0.15) is 24.6 Å². The van der Waals surface area contributed by atoms with Crippen molar-refractivity contribution in [3.8, 4) is 22.5 Å². The zero-order chi connectivity index (χ0) is 17.7. The average Bonchev–Trinajstić information content (AvgIpc) is 3.36. The minimum atomic E-state index is 0.0624. The van der Waals surface area contributed by atoms with Crippen LogP contribution in [0.4, 0.5) is 0 Å². The van der Waals surface area contributed by atoms with Gasteiger partial charge in [-0.15, -0.1) is 0 Å². The number of allylic oxidation sites excluding steroid dienone is 2. The Labute approximate surface area is 152 Å². The summed E-state index contributed by atoms with van der Waals surface area (Å²) in [5, 5.41) is 24.4. The molecule has 3 atom stereocenters. The van der Waals surface area contributed by atoms with Gasteiger partial charge in [0.2, 0.25) is 5.69 Å². The lowest BCUT2D eigenvalue weighted by molar-refractivity contribution is -0.606. The van der Waals surface area contributed by atoms with Gasteiger partial charge in [0, 0.05) is 11.1 Å². The van der Waals surface area contributed by atoms with Gasteiger partial charge in [-0.05, 0) is 29.4 Å². The molecule has 3 aromatic rings. The van der Waals surface area contributed by atoms with E-state index < -0.39 is 0 Å². The van der Waals surface area contributed by atoms with Gasteiger partial charge in [-0.1, -0.05) is 72.8 Å². The molecule has 0 amide bonds. The molecule has 1 saturated carbocycles. The number of hydrogen-bond donors (Lipinski definition) is 1. The maximum Gasteiger partial charge on any atom is 0.304 e. The van der Waals surface area contributed by atoms with Gasteiger partial charge in [-0.25, -0.2) is 4.73 Å². The van der Waals surface area contributed by atoms with Crippen LogP contribution in [-0.4, -0.2) is 9.94 Å². The molecule has 5 rings (SSSR count). The van der Waals surface area contributed by atoms with Crippen LogP contribution in [0.15, 0.2) is 72.8 Å². The van der Waals surface area contributed by atoms with Crippen molar-refractivity contribution in [2.45, 2.75) is 18.8 Å². The van der Waals surface area contributed by atoms with Crippen LogP contribution in [0.2, 0.25) is 0 Å². The van der Waals surface area contributed by atoms with Gasteiger partial charge in [0.1, 0.15) is 0 Å². The van der Waals surface area contributed by atoms with Gasteiger partial charge in [-0.3, -0.25) is 0 Å². The van der Waals surface area contributed by atoms with E-state index in [1.807, 2.05) is 60.7 Å². The monoisotopic (exact) mass is 344 g/mol. The molecule has 2 bridgehead atoms. The Balaban J connectivity index is 1.75. The highest BCUT2D eigenvalue weighted by atomic mass is 16.5. The van der Waals surface area contributed by atoms with Crippen molar-refractivity contribution < 1.29 is 9.94 Å². The zero-order valence-corrected chi connectivity index (χ0v) is 14.3. The van der Waals surface area contributed by atoms with Gasteiger partial charge in [0.05, 0.1) is 5.92 Å². The molecule has 2 aliphatic rings. The van der Waals surface area contributed by atoms with E-state index in [0.717, 1.165) is 33.4 Å². The second-order valence-corrected chi connectivity index (χ2v) is 7.28. The minimum absolute atomic E-state index is 0.0624. The molecule has 0 saturated heterocycles. The highest BCUT2D eigenvalue weighted by Gasteiger charge is 2.45. The summed E-state index contributed by atoms with van der Waals surface area (Å²) in [6.45, 7) is 0. The van der Waals surface area contributed by atoms with Crippen molar-refractivity contribution in [2.75, 3.05) is 0 Å². The van der Waals surface area contributed by atoms with Gasteiger partial charge in [-0.2, -0.15) is 0 Å². The summed E-state index contributed by atoms with van der Waals surface area (Å²) in [4.78, 5) is 0. The zero-order valence-electron chi connectivity index (χ0n) is 14.3. The lowest BCUT2D eigenvalue weighted by Gasteiger charge is -2.16. The molecule has 0 aliphatic heterocycles. The molecular formula is C22H20N2O2. The third-order valence-electron chi connectivity index (χ3n) is 5.77. The van der Waals surface area contributed by atoms with E-state index in [1.165, 1.54) is 0 Å². The van der Waals surface area contributed by atoms with E-state index in [4.69, 9.17) is 0 Å². The van der Waals surface area contributed by atoms with Crippen LogP contribution in [0.3, 0.4) is 0 Å². The molecule has 1 N–H and O–H groups in total. The van der Waals surface area contributed by atoms with Crippen LogP contribution in [0, 0.1) is 17.0 Å². The Morgan fingerprint density at radius 1 is 0.885 bits per heavy atom. The number of benzene rings is 2. The van der Waals surface area contributed by atoms with Crippen molar-refractivity contribution >= 4 is 0 Å². The Morgan fingerprint density at radius 3 is 2.12 bits per heavy atom. The molecule has 2 aromatic carbocycles. The second kappa shape index (κ2) is 5.77. The molecule has 4 nitrogen and oxygen atoms in total. The fourth-order valence-electron chi connectivity index (χ4n) is 4.60. The van der Waals surface area contributed by atoms with E-state index in [2.05, 4.69) is 12.2 Å². The third kappa shape index (κ3) is 2.18. The SMILES string of the molecule is [O-][n+]1c(-c2ccccc2)c(-c2ccccc2)n(O)c1C1CC2C=CC1C2. The molecule has 2 aliphatic carbocycles.